The maximum atomic E-state index is 11.0. The standard InChI is InChI=1S/C20H34O2/c1-2-3-4-5-6-7-8-9-10-11-12-13-14-15-16-17-20(22)18-19-21/h9-10,18H,2-8,11-17H2,1H3. The van der Waals surface area contributed by atoms with Gasteiger partial charge in [-0.1, -0.05) is 70.4 Å². The first-order chi connectivity index (χ1) is 10.8. The summed E-state index contributed by atoms with van der Waals surface area (Å²) >= 11 is 0. The lowest BCUT2D eigenvalue weighted by Gasteiger charge is -1.99. The van der Waals surface area contributed by atoms with E-state index in [0.29, 0.717) is 6.42 Å². The van der Waals surface area contributed by atoms with Crippen LogP contribution in [0.5, 0.6) is 0 Å². The van der Waals surface area contributed by atoms with Crippen LogP contribution in [0.3, 0.4) is 0 Å². The molecule has 0 saturated carbocycles. The number of rotatable bonds is 16. The van der Waals surface area contributed by atoms with Crippen molar-refractivity contribution in [2.45, 2.75) is 96.8 Å². The van der Waals surface area contributed by atoms with Crippen molar-refractivity contribution in [3.63, 3.8) is 0 Å². The van der Waals surface area contributed by atoms with E-state index in [-0.39, 0.29) is 5.78 Å². The molecule has 0 heterocycles. The van der Waals surface area contributed by atoms with Gasteiger partial charge in [0.25, 0.3) is 0 Å². The minimum Gasteiger partial charge on any atom is -0.294 e. The summed E-state index contributed by atoms with van der Waals surface area (Å²) in [7, 11) is 0. The topological polar surface area (TPSA) is 34.1 Å². The molecule has 0 unspecified atom stereocenters. The van der Waals surface area contributed by atoms with Gasteiger partial charge in [0.05, 0.1) is 6.08 Å². The van der Waals surface area contributed by atoms with Crippen LogP contribution < -0.4 is 0 Å². The Hall–Kier alpha value is -1.14. The van der Waals surface area contributed by atoms with Crippen LogP contribution >= 0.6 is 0 Å². The van der Waals surface area contributed by atoms with E-state index in [0.717, 1.165) is 18.9 Å². The van der Waals surface area contributed by atoms with Crippen molar-refractivity contribution in [2.24, 2.45) is 0 Å². The van der Waals surface area contributed by atoms with Crippen LogP contribution in [0.1, 0.15) is 96.8 Å². The van der Waals surface area contributed by atoms with Crippen molar-refractivity contribution in [3.05, 3.63) is 18.2 Å². The van der Waals surface area contributed by atoms with Crippen molar-refractivity contribution in [2.75, 3.05) is 0 Å². The van der Waals surface area contributed by atoms with E-state index in [1.807, 2.05) is 0 Å². The van der Waals surface area contributed by atoms with E-state index in [9.17, 15) is 9.59 Å². The molecule has 0 aliphatic rings. The van der Waals surface area contributed by atoms with Gasteiger partial charge >= 0.3 is 0 Å². The fourth-order valence-corrected chi connectivity index (χ4v) is 2.51. The lowest BCUT2D eigenvalue weighted by Crippen LogP contribution is -1.92. The van der Waals surface area contributed by atoms with E-state index in [2.05, 4.69) is 19.1 Å². The lowest BCUT2D eigenvalue weighted by atomic mass is 10.1. The first-order valence-electron chi connectivity index (χ1n) is 9.20. The molecule has 0 aliphatic carbocycles. The molecule has 0 saturated heterocycles. The molecule has 0 spiro atoms. The van der Waals surface area contributed by atoms with Gasteiger partial charge in [-0.15, -0.1) is 0 Å². The summed E-state index contributed by atoms with van der Waals surface area (Å²) in [6.45, 7) is 2.26. The van der Waals surface area contributed by atoms with Crippen LogP contribution in [0.25, 0.3) is 0 Å². The molecular formula is C20H34O2. The summed E-state index contributed by atoms with van der Waals surface area (Å²) in [5.74, 6) is 1.45. The van der Waals surface area contributed by atoms with Crippen molar-refractivity contribution in [1.29, 1.82) is 0 Å². The summed E-state index contributed by atoms with van der Waals surface area (Å²) in [4.78, 5) is 21.0. The predicted molar refractivity (Wildman–Crippen MR) is 94.7 cm³/mol. The molecule has 0 aromatic rings. The van der Waals surface area contributed by atoms with Crippen molar-refractivity contribution < 1.29 is 9.59 Å². The molecule has 0 aromatic carbocycles. The second-order valence-corrected chi connectivity index (χ2v) is 6.06. The van der Waals surface area contributed by atoms with Gasteiger partial charge in [0.2, 0.25) is 0 Å². The second-order valence-electron chi connectivity index (χ2n) is 6.06. The summed E-state index contributed by atoms with van der Waals surface area (Å²) < 4.78 is 0. The summed E-state index contributed by atoms with van der Waals surface area (Å²) in [5.41, 5.74) is 0. The lowest BCUT2D eigenvalue weighted by molar-refractivity contribution is -0.114. The number of ketones is 1. The average molecular weight is 306 g/mol. The summed E-state index contributed by atoms with van der Waals surface area (Å²) in [5, 5.41) is 0. The average Bonchev–Trinajstić information content (AvgIpc) is 2.51. The molecule has 2 nitrogen and oxygen atoms in total. The van der Waals surface area contributed by atoms with Gasteiger partial charge in [-0.3, -0.25) is 4.79 Å². The number of hydrogen-bond donors (Lipinski definition) is 0. The Kier molecular flexibility index (Phi) is 17.0. The highest BCUT2D eigenvalue weighted by atomic mass is 16.1. The van der Waals surface area contributed by atoms with Gasteiger partial charge in [0.15, 0.2) is 5.78 Å². The van der Waals surface area contributed by atoms with Crippen LogP contribution in [0, 0.1) is 0 Å². The van der Waals surface area contributed by atoms with Crippen molar-refractivity contribution >= 4 is 11.7 Å². The Balaban J connectivity index is 3.17. The zero-order chi connectivity index (χ0) is 16.3. The van der Waals surface area contributed by atoms with Crippen LogP contribution in [-0.4, -0.2) is 11.7 Å². The molecule has 2 heteroatoms. The maximum absolute atomic E-state index is 11.0. The number of allylic oxidation sites excluding steroid dienone is 3. The number of unbranched alkanes of at least 4 members (excludes halogenated alkanes) is 11. The summed E-state index contributed by atoms with van der Waals surface area (Å²) in [6.07, 6.45) is 22.4. The minimum absolute atomic E-state index is 0.0902. The molecule has 0 rings (SSSR count). The molecule has 0 fully saturated rings. The molecule has 0 atom stereocenters. The number of hydrogen-bond acceptors (Lipinski definition) is 2. The van der Waals surface area contributed by atoms with Gasteiger partial charge in [0.1, 0.15) is 5.94 Å². The normalized spacial score (nSPS) is 10.8. The molecule has 0 bridgehead atoms. The van der Waals surface area contributed by atoms with E-state index in [4.69, 9.17) is 0 Å². The third kappa shape index (κ3) is 16.9. The molecule has 126 valence electrons. The Bertz CT molecular complexity index is 325. The van der Waals surface area contributed by atoms with E-state index < -0.39 is 0 Å². The largest absolute Gasteiger partial charge is 0.294 e. The Morgan fingerprint density at radius 2 is 1.27 bits per heavy atom. The SMILES string of the molecule is CCCCCCCCC=CCCCCCCCC(=O)C=C=O. The van der Waals surface area contributed by atoms with Gasteiger partial charge in [-0.25, -0.2) is 4.79 Å². The zero-order valence-corrected chi connectivity index (χ0v) is 14.4. The highest BCUT2D eigenvalue weighted by molar-refractivity contribution is 5.95. The quantitative estimate of drug-likeness (QED) is 0.152. The molecule has 0 radical (unpaired) electrons. The fraction of sp³-hybridized carbons (Fsp3) is 0.750. The first kappa shape index (κ1) is 20.9. The monoisotopic (exact) mass is 306 g/mol. The van der Waals surface area contributed by atoms with Gasteiger partial charge in [0, 0.05) is 6.42 Å². The number of carbonyl (C=O) groups is 1. The van der Waals surface area contributed by atoms with Crippen molar-refractivity contribution in [3.8, 4) is 0 Å². The first-order valence-corrected chi connectivity index (χ1v) is 9.20. The predicted octanol–water partition coefficient (Wildman–Crippen LogP) is 5.98. The Morgan fingerprint density at radius 3 is 1.82 bits per heavy atom. The fourth-order valence-electron chi connectivity index (χ4n) is 2.51. The Morgan fingerprint density at radius 1 is 0.773 bits per heavy atom. The Labute approximate surface area is 137 Å². The highest BCUT2D eigenvalue weighted by Gasteiger charge is 1.96. The van der Waals surface area contributed by atoms with E-state index in [1.54, 1.807) is 0 Å². The van der Waals surface area contributed by atoms with Crippen LogP contribution in [-0.2, 0) is 9.59 Å². The van der Waals surface area contributed by atoms with E-state index >= 15 is 0 Å². The summed E-state index contributed by atoms with van der Waals surface area (Å²) in [6, 6.07) is 0. The van der Waals surface area contributed by atoms with Gasteiger partial charge in [-0.05, 0) is 32.1 Å². The number of carbonyl (C=O) groups excluding carboxylic acids is 2. The van der Waals surface area contributed by atoms with Gasteiger partial charge < -0.3 is 0 Å². The molecule has 0 amide bonds. The zero-order valence-electron chi connectivity index (χ0n) is 14.4. The van der Waals surface area contributed by atoms with Crippen LogP contribution in [0.15, 0.2) is 18.2 Å². The van der Waals surface area contributed by atoms with Crippen LogP contribution in [0.4, 0.5) is 0 Å². The molecule has 22 heavy (non-hydrogen) atoms. The van der Waals surface area contributed by atoms with Gasteiger partial charge in [-0.2, -0.15) is 0 Å². The van der Waals surface area contributed by atoms with E-state index in [1.165, 1.54) is 76.6 Å². The molecular weight excluding hydrogens is 272 g/mol. The molecule has 0 aromatic heterocycles. The third-order valence-electron chi connectivity index (χ3n) is 3.90. The van der Waals surface area contributed by atoms with Crippen LogP contribution in [0.2, 0.25) is 0 Å². The van der Waals surface area contributed by atoms with Crippen molar-refractivity contribution in [1.82, 2.24) is 0 Å². The second kappa shape index (κ2) is 17.9. The minimum atomic E-state index is -0.0902. The smallest absolute Gasteiger partial charge is 0.166 e. The third-order valence-corrected chi connectivity index (χ3v) is 3.90. The molecule has 0 N–H and O–H groups in total. The molecule has 0 aliphatic heterocycles. The maximum Gasteiger partial charge on any atom is 0.166 e. The highest BCUT2D eigenvalue weighted by Crippen LogP contribution is 2.10.